The first-order chi connectivity index (χ1) is 8.56. The second-order valence-corrected chi connectivity index (χ2v) is 4.81. The van der Waals surface area contributed by atoms with Crippen LogP contribution in [0.5, 0.6) is 0 Å². The van der Waals surface area contributed by atoms with Crippen molar-refractivity contribution in [2.45, 2.75) is 32.9 Å². The maximum atomic E-state index is 13.6. The summed E-state index contributed by atoms with van der Waals surface area (Å²) in [7, 11) is 0. The van der Waals surface area contributed by atoms with Crippen LogP contribution < -0.4 is 5.32 Å². The highest BCUT2D eigenvalue weighted by Gasteiger charge is 2.10. The van der Waals surface area contributed by atoms with E-state index in [-0.39, 0.29) is 18.5 Å². The van der Waals surface area contributed by atoms with E-state index in [1.165, 1.54) is 6.07 Å². The smallest absolute Gasteiger partial charge is 0.129 e. The molecule has 1 aromatic carbocycles. The zero-order valence-electron chi connectivity index (χ0n) is 10.8. The first-order valence-electron chi connectivity index (χ1n) is 6.09. The molecule has 0 radical (unpaired) electrons. The summed E-state index contributed by atoms with van der Waals surface area (Å²) >= 11 is 0. The lowest BCUT2D eigenvalue weighted by Gasteiger charge is -2.18. The van der Waals surface area contributed by atoms with E-state index < -0.39 is 0 Å². The van der Waals surface area contributed by atoms with E-state index in [1.807, 2.05) is 6.07 Å². The van der Waals surface area contributed by atoms with E-state index in [0.717, 1.165) is 6.42 Å². The molecule has 1 aromatic rings. The van der Waals surface area contributed by atoms with Crippen molar-refractivity contribution in [3.05, 3.63) is 35.1 Å². The molecule has 0 saturated carbocycles. The van der Waals surface area contributed by atoms with Gasteiger partial charge in [-0.15, -0.1) is 0 Å². The summed E-state index contributed by atoms with van der Waals surface area (Å²) < 4.78 is 13.6. The molecule has 1 unspecified atom stereocenters. The van der Waals surface area contributed by atoms with Crippen molar-refractivity contribution in [1.82, 2.24) is 5.32 Å². The van der Waals surface area contributed by atoms with Crippen molar-refractivity contribution < 1.29 is 9.50 Å². The van der Waals surface area contributed by atoms with Crippen LogP contribution in [-0.2, 0) is 6.54 Å². The Bertz CT molecular complexity index is 426. The molecule has 0 aliphatic carbocycles. The molecule has 98 valence electrons. The second kappa shape index (κ2) is 7.10. The highest BCUT2D eigenvalue weighted by atomic mass is 19.1. The van der Waals surface area contributed by atoms with Crippen LogP contribution in [0, 0.1) is 23.1 Å². The molecule has 0 heterocycles. The third-order valence-corrected chi connectivity index (χ3v) is 2.74. The fraction of sp³-hybridized carbons (Fsp3) is 0.500. The first-order valence-corrected chi connectivity index (χ1v) is 6.09. The van der Waals surface area contributed by atoms with Crippen molar-refractivity contribution in [2.75, 3.05) is 6.61 Å². The van der Waals surface area contributed by atoms with Crippen LogP contribution in [0.25, 0.3) is 0 Å². The Kier molecular flexibility index (Phi) is 5.76. The van der Waals surface area contributed by atoms with Crippen LogP contribution in [0.1, 0.15) is 31.4 Å². The monoisotopic (exact) mass is 250 g/mol. The van der Waals surface area contributed by atoms with Crippen LogP contribution in [0.3, 0.4) is 0 Å². The molecule has 0 aliphatic heterocycles. The molecule has 0 spiro atoms. The number of hydrogen-bond acceptors (Lipinski definition) is 3. The number of benzene rings is 1. The molecule has 18 heavy (non-hydrogen) atoms. The van der Waals surface area contributed by atoms with Gasteiger partial charge in [0.15, 0.2) is 0 Å². The molecular weight excluding hydrogens is 231 g/mol. The van der Waals surface area contributed by atoms with Crippen molar-refractivity contribution in [3.63, 3.8) is 0 Å². The quantitative estimate of drug-likeness (QED) is 0.813. The average molecular weight is 250 g/mol. The zero-order chi connectivity index (χ0) is 13.5. The molecule has 0 aliphatic rings. The van der Waals surface area contributed by atoms with Crippen molar-refractivity contribution >= 4 is 0 Å². The summed E-state index contributed by atoms with van der Waals surface area (Å²) in [5.41, 5.74) is 0.827. The Morgan fingerprint density at radius 2 is 2.17 bits per heavy atom. The Labute approximate surface area is 107 Å². The zero-order valence-corrected chi connectivity index (χ0v) is 10.8. The number of nitrogens with zero attached hydrogens (tertiary/aromatic N) is 1. The SMILES string of the molecule is CC(C)CC(CO)NCc1ccc(C#N)cc1F. The first kappa shape index (κ1) is 14.6. The molecule has 0 amide bonds. The van der Waals surface area contributed by atoms with Gasteiger partial charge in [-0.1, -0.05) is 19.9 Å². The van der Waals surface area contributed by atoms with Crippen LogP contribution in [0.2, 0.25) is 0 Å². The number of nitriles is 1. The van der Waals surface area contributed by atoms with E-state index >= 15 is 0 Å². The molecule has 0 fully saturated rings. The highest BCUT2D eigenvalue weighted by Crippen LogP contribution is 2.11. The van der Waals surface area contributed by atoms with Gasteiger partial charge in [-0.25, -0.2) is 4.39 Å². The number of aliphatic hydroxyl groups is 1. The molecular formula is C14H19FN2O. The van der Waals surface area contributed by atoms with Crippen LogP contribution in [0.15, 0.2) is 18.2 Å². The van der Waals surface area contributed by atoms with Gasteiger partial charge in [-0.2, -0.15) is 5.26 Å². The van der Waals surface area contributed by atoms with Crippen LogP contribution >= 0.6 is 0 Å². The van der Waals surface area contributed by atoms with Gasteiger partial charge in [-0.05, 0) is 24.5 Å². The maximum absolute atomic E-state index is 13.6. The lowest BCUT2D eigenvalue weighted by atomic mass is 10.0. The number of halogens is 1. The van der Waals surface area contributed by atoms with Crippen LogP contribution in [0.4, 0.5) is 4.39 Å². The molecule has 0 aromatic heterocycles. The van der Waals surface area contributed by atoms with Crippen molar-refractivity contribution in [1.29, 1.82) is 5.26 Å². The van der Waals surface area contributed by atoms with Gasteiger partial charge < -0.3 is 10.4 Å². The fourth-order valence-corrected chi connectivity index (χ4v) is 1.81. The Balaban J connectivity index is 2.60. The minimum Gasteiger partial charge on any atom is -0.395 e. The lowest BCUT2D eigenvalue weighted by Crippen LogP contribution is -2.33. The topological polar surface area (TPSA) is 56.0 Å². The minimum absolute atomic E-state index is 0.0277. The summed E-state index contributed by atoms with van der Waals surface area (Å²) in [4.78, 5) is 0. The van der Waals surface area contributed by atoms with Gasteiger partial charge in [0, 0.05) is 18.2 Å². The third-order valence-electron chi connectivity index (χ3n) is 2.74. The molecule has 3 nitrogen and oxygen atoms in total. The summed E-state index contributed by atoms with van der Waals surface area (Å²) in [6, 6.07) is 6.29. The van der Waals surface area contributed by atoms with E-state index in [1.54, 1.807) is 12.1 Å². The van der Waals surface area contributed by atoms with Gasteiger partial charge in [0.2, 0.25) is 0 Å². The highest BCUT2D eigenvalue weighted by molar-refractivity contribution is 5.32. The molecule has 1 atom stereocenters. The molecule has 1 rings (SSSR count). The normalized spacial score (nSPS) is 12.4. The molecule has 4 heteroatoms. The molecule has 0 saturated heterocycles. The average Bonchev–Trinajstić information content (AvgIpc) is 2.35. The van der Waals surface area contributed by atoms with E-state index in [2.05, 4.69) is 19.2 Å². The number of hydrogen-bond donors (Lipinski definition) is 2. The largest absolute Gasteiger partial charge is 0.395 e. The summed E-state index contributed by atoms with van der Waals surface area (Å²) in [6.45, 7) is 4.55. The van der Waals surface area contributed by atoms with Crippen molar-refractivity contribution in [3.8, 4) is 6.07 Å². The van der Waals surface area contributed by atoms with E-state index in [9.17, 15) is 9.50 Å². The predicted octanol–water partition coefficient (Wildman–Crippen LogP) is 2.19. The van der Waals surface area contributed by atoms with E-state index in [4.69, 9.17) is 5.26 Å². The van der Waals surface area contributed by atoms with E-state index in [0.29, 0.717) is 23.6 Å². The van der Waals surface area contributed by atoms with Gasteiger partial charge in [0.1, 0.15) is 5.82 Å². The second-order valence-electron chi connectivity index (χ2n) is 4.81. The lowest BCUT2D eigenvalue weighted by molar-refractivity contribution is 0.223. The summed E-state index contributed by atoms with van der Waals surface area (Å²) in [6.07, 6.45) is 0.842. The number of rotatable bonds is 6. The fourth-order valence-electron chi connectivity index (χ4n) is 1.81. The van der Waals surface area contributed by atoms with Crippen LogP contribution in [-0.4, -0.2) is 17.8 Å². The Morgan fingerprint density at radius 3 is 2.67 bits per heavy atom. The molecule has 2 N–H and O–H groups in total. The maximum Gasteiger partial charge on any atom is 0.129 e. The Morgan fingerprint density at radius 1 is 1.44 bits per heavy atom. The Hall–Kier alpha value is -1.44. The third kappa shape index (κ3) is 4.44. The number of nitrogens with one attached hydrogen (secondary N) is 1. The summed E-state index contributed by atoms with van der Waals surface area (Å²) in [5.74, 6) is 0.0863. The number of aliphatic hydroxyl groups excluding tert-OH is 1. The van der Waals surface area contributed by atoms with Gasteiger partial charge in [0.05, 0.1) is 18.2 Å². The predicted molar refractivity (Wildman–Crippen MR) is 68.3 cm³/mol. The summed E-state index contributed by atoms with van der Waals surface area (Å²) in [5, 5.41) is 21.0. The van der Waals surface area contributed by atoms with Gasteiger partial charge in [0.25, 0.3) is 0 Å². The van der Waals surface area contributed by atoms with Gasteiger partial charge in [-0.3, -0.25) is 0 Å². The van der Waals surface area contributed by atoms with Crippen molar-refractivity contribution in [2.24, 2.45) is 5.92 Å². The minimum atomic E-state index is -0.386. The molecule has 0 bridgehead atoms. The van der Waals surface area contributed by atoms with Gasteiger partial charge >= 0.3 is 0 Å². The standard InChI is InChI=1S/C14H19FN2O/c1-10(2)5-13(9-18)17-8-12-4-3-11(7-16)6-14(12)15/h3-4,6,10,13,17-18H,5,8-9H2,1-2H3.